The number of amides is 1. The average Bonchev–Trinajstić information content (AvgIpc) is 2.45. The summed E-state index contributed by atoms with van der Waals surface area (Å²) >= 11 is 0. The van der Waals surface area contributed by atoms with Crippen molar-refractivity contribution < 1.29 is 14.1 Å². The van der Waals surface area contributed by atoms with Crippen LogP contribution in [-0.2, 0) is 4.79 Å². The fourth-order valence-corrected chi connectivity index (χ4v) is 1.94. The lowest BCUT2D eigenvalue weighted by Crippen LogP contribution is -2.29. The van der Waals surface area contributed by atoms with Gasteiger partial charge in [0.1, 0.15) is 5.52 Å². The number of likely N-dealkylation sites (N-methyl/N-ethyl adjacent to an activating group) is 1. The summed E-state index contributed by atoms with van der Waals surface area (Å²) in [5.41, 5.74) is -0.268. The van der Waals surface area contributed by atoms with E-state index < -0.39 is 10.7 Å². The zero-order chi connectivity index (χ0) is 15.4. The molecule has 0 unspecified atom stereocenters. The third kappa shape index (κ3) is 3.04. The number of nitro benzene ring substituents is 1. The lowest BCUT2D eigenvalue weighted by atomic mass is 10.1. The van der Waals surface area contributed by atoms with Crippen LogP contribution in [0.1, 0.15) is 6.92 Å². The summed E-state index contributed by atoms with van der Waals surface area (Å²) in [6, 6.07) is 3.84. The van der Waals surface area contributed by atoms with E-state index in [0.717, 1.165) is 6.07 Å². The molecule has 2 aromatic rings. The Hall–Kier alpha value is -2.77. The predicted molar refractivity (Wildman–Crippen MR) is 75.5 cm³/mol. The second kappa shape index (κ2) is 6.12. The van der Waals surface area contributed by atoms with E-state index in [-0.39, 0.29) is 34.7 Å². The normalized spacial score (nSPS) is 10.4. The van der Waals surface area contributed by atoms with Gasteiger partial charge in [-0.05, 0) is 19.1 Å². The van der Waals surface area contributed by atoms with E-state index in [2.05, 4.69) is 15.6 Å². The number of halogens is 1. The molecule has 8 heteroatoms. The number of hydrogen-bond donors (Lipinski definition) is 2. The molecule has 2 rings (SSSR count). The molecular weight excluding hydrogens is 279 g/mol. The number of aromatic nitrogens is 1. The lowest BCUT2D eigenvalue weighted by Gasteiger charge is -2.10. The standard InChI is InChI=1S/C13H13FN4O3/c1-2-15-11(19)7-17-13-9(14)6-10(18(20)21)8-4-3-5-16-12(8)13/h3-6,17H,2,7H2,1H3,(H,15,19). The number of nitro groups is 1. The van der Waals surface area contributed by atoms with Crippen molar-refractivity contribution in [2.45, 2.75) is 6.92 Å². The summed E-state index contributed by atoms with van der Waals surface area (Å²) in [5.74, 6) is -1.13. The summed E-state index contributed by atoms with van der Waals surface area (Å²) in [6.45, 7) is 2.08. The minimum Gasteiger partial charge on any atom is -0.372 e. The van der Waals surface area contributed by atoms with Crippen LogP contribution in [0.25, 0.3) is 10.9 Å². The number of carbonyl (C=O) groups is 1. The molecule has 0 saturated heterocycles. The van der Waals surface area contributed by atoms with Gasteiger partial charge in [0.15, 0.2) is 5.82 Å². The Kier molecular flexibility index (Phi) is 4.27. The lowest BCUT2D eigenvalue weighted by molar-refractivity contribution is -0.383. The number of rotatable bonds is 5. The number of anilines is 1. The van der Waals surface area contributed by atoms with Gasteiger partial charge in [-0.3, -0.25) is 19.9 Å². The number of carbonyl (C=O) groups excluding carboxylic acids is 1. The van der Waals surface area contributed by atoms with Gasteiger partial charge in [-0.2, -0.15) is 0 Å². The molecule has 2 N–H and O–H groups in total. The van der Waals surface area contributed by atoms with Crippen molar-refractivity contribution in [3.05, 3.63) is 40.3 Å². The molecule has 0 spiro atoms. The van der Waals surface area contributed by atoms with Gasteiger partial charge < -0.3 is 10.6 Å². The van der Waals surface area contributed by atoms with Crippen molar-refractivity contribution in [1.29, 1.82) is 0 Å². The van der Waals surface area contributed by atoms with E-state index in [1.807, 2.05) is 0 Å². The number of non-ortho nitro benzene ring substituents is 1. The summed E-state index contributed by atoms with van der Waals surface area (Å²) in [5, 5.41) is 16.4. The van der Waals surface area contributed by atoms with Crippen LogP contribution >= 0.6 is 0 Å². The maximum atomic E-state index is 14.0. The van der Waals surface area contributed by atoms with Crippen molar-refractivity contribution in [2.75, 3.05) is 18.4 Å². The van der Waals surface area contributed by atoms with E-state index >= 15 is 0 Å². The van der Waals surface area contributed by atoms with Gasteiger partial charge in [-0.25, -0.2) is 4.39 Å². The Labute approximate surface area is 119 Å². The van der Waals surface area contributed by atoms with Crippen molar-refractivity contribution in [3.8, 4) is 0 Å². The summed E-state index contributed by atoms with van der Waals surface area (Å²) in [6.07, 6.45) is 1.41. The fourth-order valence-electron chi connectivity index (χ4n) is 1.94. The molecule has 0 saturated carbocycles. The molecule has 0 aliphatic carbocycles. The predicted octanol–water partition coefficient (Wildman–Crippen LogP) is 1.83. The molecule has 0 aliphatic heterocycles. The number of nitrogens with one attached hydrogen (secondary N) is 2. The third-order valence-corrected chi connectivity index (χ3v) is 2.82. The smallest absolute Gasteiger partial charge is 0.281 e. The zero-order valence-corrected chi connectivity index (χ0v) is 11.2. The van der Waals surface area contributed by atoms with Crippen LogP contribution in [0.5, 0.6) is 0 Å². The molecule has 1 heterocycles. The number of hydrogen-bond acceptors (Lipinski definition) is 5. The molecule has 110 valence electrons. The van der Waals surface area contributed by atoms with Crippen molar-refractivity contribution >= 4 is 28.2 Å². The SMILES string of the molecule is CCNC(=O)CNc1c(F)cc([N+](=O)[O-])c2cccnc12. The van der Waals surface area contributed by atoms with Crippen LogP contribution in [0, 0.1) is 15.9 Å². The Balaban J connectivity index is 2.45. The van der Waals surface area contributed by atoms with Crippen LogP contribution in [0.4, 0.5) is 15.8 Å². The second-order valence-electron chi connectivity index (χ2n) is 4.22. The molecule has 21 heavy (non-hydrogen) atoms. The minimum absolute atomic E-state index is 0.0255. The number of pyridine rings is 1. The van der Waals surface area contributed by atoms with Gasteiger partial charge in [-0.1, -0.05) is 0 Å². The quantitative estimate of drug-likeness (QED) is 0.647. The van der Waals surface area contributed by atoms with E-state index in [0.29, 0.717) is 6.54 Å². The zero-order valence-electron chi connectivity index (χ0n) is 11.2. The number of nitrogens with zero attached hydrogens (tertiary/aromatic N) is 2. The molecule has 0 aliphatic rings. The molecule has 1 aromatic carbocycles. The summed E-state index contributed by atoms with van der Waals surface area (Å²) < 4.78 is 14.0. The van der Waals surface area contributed by atoms with E-state index in [1.165, 1.54) is 18.3 Å². The minimum atomic E-state index is -0.822. The van der Waals surface area contributed by atoms with E-state index in [4.69, 9.17) is 0 Å². The highest BCUT2D eigenvalue weighted by molar-refractivity contribution is 5.97. The highest BCUT2D eigenvalue weighted by Gasteiger charge is 2.20. The fraction of sp³-hybridized carbons (Fsp3) is 0.231. The Bertz CT molecular complexity index is 705. The first-order valence-electron chi connectivity index (χ1n) is 6.26. The highest BCUT2D eigenvalue weighted by Crippen LogP contribution is 2.32. The molecule has 0 radical (unpaired) electrons. The van der Waals surface area contributed by atoms with Gasteiger partial charge >= 0.3 is 0 Å². The van der Waals surface area contributed by atoms with Crippen molar-refractivity contribution in [3.63, 3.8) is 0 Å². The Morgan fingerprint density at radius 1 is 1.52 bits per heavy atom. The number of benzene rings is 1. The average molecular weight is 292 g/mol. The monoisotopic (exact) mass is 292 g/mol. The molecule has 7 nitrogen and oxygen atoms in total. The maximum Gasteiger partial charge on any atom is 0.281 e. The first-order chi connectivity index (χ1) is 10.0. The molecule has 0 fully saturated rings. The number of fused-ring (bicyclic) bond motifs is 1. The first kappa shape index (κ1) is 14.6. The second-order valence-corrected chi connectivity index (χ2v) is 4.22. The highest BCUT2D eigenvalue weighted by atomic mass is 19.1. The van der Waals surface area contributed by atoms with E-state index in [9.17, 15) is 19.3 Å². The third-order valence-electron chi connectivity index (χ3n) is 2.82. The Morgan fingerprint density at radius 2 is 2.29 bits per heavy atom. The largest absolute Gasteiger partial charge is 0.372 e. The van der Waals surface area contributed by atoms with Gasteiger partial charge in [0.2, 0.25) is 5.91 Å². The van der Waals surface area contributed by atoms with Crippen molar-refractivity contribution in [1.82, 2.24) is 10.3 Å². The van der Waals surface area contributed by atoms with Gasteiger partial charge in [0, 0.05) is 12.7 Å². The molecule has 1 aromatic heterocycles. The van der Waals surface area contributed by atoms with Crippen LogP contribution in [0.15, 0.2) is 24.4 Å². The van der Waals surface area contributed by atoms with Crippen molar-refractivity contribution in [2.24, 2.45) is 0 Å². The van der Waals surface area contributed by atoms with Gasteiger partial charge in [0.05, 0.1) is 28.6 Å². The van der Waals surface area contributed by atoms with Gasteiger partial charge in [-0.15, -0.1) is 0 Å². The summed E-state index contributed by atoms with van der Waals surface area (Å²) in [4.78, 5) is 25.7. The topological polar surface area (TPSA) is 97.2 Å². The van der Waals surface area contributed by atoms with Crippen LogP contribution in [0.2, 0.25) is 0 Å². The van der Waals surface area contributed by atoms with E-state index in [1.54, 1.807) is 6.92 Å². The molecular formula is C13H13FN4O3. The van der Waals surface area contributed by atoms with Crippen LogP contribution < -0.4 is 10.6 Å². The van der Waals surface area contributed by atoms with Crippen LogP contribution in [0.3, 0.4) is 0 Å². The van der Waals surface area contributed by atoms with Gasteiger partial charge in [0.25, 0.3) is 5.69 Å². The van der Waals surface area contributed by atoms with Crippen LogP contribution in [-0.4, -0.2) is 28.9 Å². The molecule has 0 atom stereocenters. The summed E-state index contributed by atoms with van der Waals surface area (Å²) in [7, 11) is 0. The molecule has 1 amide bonds. The Morgan fingerprint density at radius 3 is 2.95 bits per heavy atom. The maximum absolute atomic E-state index is 14.0. The molecule has 0 bridgehead atoms. The first-order valence-corrected chi connectivity index (χ1v) is 6.26.